The van der Waals surface area contributed by atoms with E-state index in [1.807, 2.05) is 6.07 Å². The van der Waals surface area contributed by atoms with E-state index in [4.69, 9.17) is 4.42 Å². The Morgan fingerprint density at radius 2 is 2.38 bits per heavy atom. The summed E-state index contributed by atoms with van der Waals surface area (Å²) in [6.07, 6.45) is 4.80. The van der Waals surface area contributed by atoms with Crippen LogP contribution in [-0.4, -0.2) is 12.0 Å². The fraction of sp³-hybridized carbons (Fsp3) is 0.182. The van der Waals surface area contributed by atoms with Crippen molar-refractivity contribution in [1.29, 1.82) is 0 Å². The van der Waals surface area contributed by atoms with Crippen LogP contribution in [0.1, 0.15) is 5.56 Å². The van der Waals surface area contributed by atoms with Gasteiger partial charge in [-0.25, -0.2) is 9.37 Å². The zero-order valence-corrected chi connectivity index (χ0v) is 10.2. The highest BCUT2D eigenvalue weighted by Crippen LogP contribution is 2.20. The Bertz CT molecular complexity index is 473. The van der Waals surface area contributed by atoms with Crippen LogP contribution < -0.4 is 4.90 Å². The van der Waals surface area contributed by atoms with Crippen molar-refractivity contribution in [2.45, 2.75) is 6.54 Å². The van der Waals surface area contributed by atoms with Crippen molar-refractivity contribution in [3.63, 3.8) is 0 Å². The van der Waals surface area contributed by atoms with Crippen molar-refractivity contribution in [3.05, 3.63) is 46.7 Å². The number of hydrogen-bond donors (Lipinski definition) is 0. The molecule has 0 N–H and O–H groups in total. The van der Waals surface area contributed by atoms with Crippen LogP contribution in [0, 0.1) is 5.82 Å². The average molecular weight is 285 g/mol. The van der Waals surface area contributed by atoms with Crippen LogP contribution in [-0.2, 0) is 6.54 Å². The van der Waals surface area contributed by atoms with Gasteiger partial charge in [0, 0.05) is 29.8 Å². The summed E-state index contributed by atoms with van der Waals surface area (Å²) >= 11 is 3.17. The molecule has 0 fully saturated rings. The number of halogens is 2. The first-order chi connectivity index (χ1) is 7.66. The summed E-state index contributed by atoms with van der Waals surface area (Å²) in [4.78, 5) is 5.76. The van der Waals surface area contributed by atoms with E-state index in [1.165, 1.54) is 6.07 Å². The van der Waals surface area contributed by atoms with Crippen LogP contribution in [0.4, 0.5) is 10.2 Å². The molecule has 5 heteroatoms. The second-order valence-corrected chi connectivity index (χ2v) is 4.36. The van der Waals surface area contributed by atoms with Crippen LogP contribution in [0.2, 0.25) is 0 Å². The third-order valence-corrected chi connectivity index (χ3v) is 2.58. The highest BCUT2D eigenvalue weighted by Gasteiger charge is 2.10. The summed E-state index contributed by atoms with van der Waals surface area (Å²) in [5.74, 6) is -0.0234. The number of pyridine rings is 1. The smallest absolute Gasteiger partial charge is 0.166 e. The van der Waals surface area contributed by atoms with Crippen molar-refractivity contribution in [2.75, 3.05) is 11.9 Å². The number of aromatic nitrogens is 1. The van der Waals surface area contributed by atoms with E-state index in [0.29, 0.717) is 16.8 Å². The van der Waals surface area contributed by atoms with Gasteiger partial charge in [-0.15, -0.1) is 0 Å². The molecule has 0 aliphatic rings. The molecule has 0 aliphatic carbocycles. The predicted molar refractivity (Wildman–Crippen MR) is 62.7 cm³/mol. The van der Waals surface area contributed by atoms with Gasteiger partial charge in [0.1, 0.15) is 0 Å². The van der Waals surface area contributed by atoms with Gasteiger partial charge in [0.2, 0.25) is 0 Å². The molecular weight excluding hydrogens is 275 g/mol. The molecule has 0 aliphatic heterocycles. The van der Waals surface area contributed by atoms with Gasteiger partial charge in [-0.2, -0.15) is 0 Å². The second kappa shape index (κ2) is 4.65. The molecule has 0 saturated carbocycles. The maximum absolute atomic E-state index is 13.6. The zero-order valence-electron chi connectivity index (χ0n) is 8.65. The maximum atomic E-state index is 13.6. The molecular formula is C11H10BrFN2O. The van der Waals surface area contributed by atoms with Crippen LogP contribution >= 0.6 is 15.9 Å². The van der Waals surface area contributed by atoms with Crippen LogP contribution in [0.5, 0.6) is 0 Å². The molecule has 0 radical (unpaired) electrons. The molecule has 84 valence electrons. The van der Waals surface area contributed by atoms with E-state index in [0.717, 1.165) is 5.56 Å². The van der Waals surface area contributed by atoms with E-state index in [2.05, 4.69) is 20.9 Å². The number of nitrogens with zero attached hydrogens (tertiary/aromatic N) is 2. The summed E-state index contributed by atoms with van der Waals surface area (Å²) in [5, 5.41) is 0. The van der Waals surface area contributed by atoms with E-state index in [9.17, 15) is 4.39 Å². The Kier molecular flexibility index (Phi) is 3.24. The maximum Gasteiger partial charge on any atom is 0.166 e. The molecule has 0 atom stereocenters. The summed E-state index contributed by atoms with van der Waals surface area (Å²) in [5.41, 5.74) is 0.978. The Morgan fingerprint density at radius 1 is 1.56 bits per heavy atom. The van der Waals surface area contributed by atoms with Crippen molar-refractivity contribution in [2.24, 2.45) is 0 Å². The van der Waals surface area contributed by atoms with E-state index < -0.39 is 0 Å². The van der Waals surface area contributed by atoms with Crippen LogP contribution in [0.3, 0.4) is 0 Å². The highest BCUT2D eigenvalue weighted by molar-refractivity contribution is 9.10. The topological polar surface area (TPSA) is 29.3 Å². The van der Waals surface area contributed by atoms with Gasteiger partial charge in [0.05, 0.1) is 12.5 Å². The summed E-state index contributed by atoms with van der Waals surface area (Å²) in [6.45, 7) is 0.558. The van der Waals surface area contributed by atoms with Crippen molar-refractivity contribution < 1.29 is 8.81 Å². The molecule has 16 heavy (non-hydrogen) atoms. The lowest BCUT2D eigenvalue weighted by Gasteiger charge is -2.17. The first kappa shape index (κ1) is 11.1. The van der Waals surface area contributed by atoms with E-state index in [1.54, 1.807) is 30.7 Å². The minimum atomic E-state index is -0.347. The monoisotopic (exact) mass is 284 g/mol. The number of furan rings is 1. The lowest BCUT2D eigenvalue weighted by atomic mass is 10.3. The van der Waals surface area contributed by atoms with Gasteiger partial charge in [0.15, 0.2) is 11.6 Å². The first-order valence-corrected chi connectivity index (χ1v) is 5.49. The van der Waals surface area contributed by atoms with Crippen molar-refractivity contribution in [3.8, 4) is 0 Å². The van der Waals surface area contributed by atoms with E-state index >= 15 is 0 Å². The number of hydrogen-bond acceptors (Lipinski definition) is 3. The largest absolute Gasteiger partial charge is 0.472 e. The third-order valence-electron chi connectivity index (χ3n) is 2.15. The van der Waals surface area contributed by atoms with E-state index in [-0.39, 0.29) is 5.82 Å². The van der Waals surface area contributed by atoms with Gasteiger partial charge < -0.3 is 9.32 Å². The molecule has 0 spiro atoms. The van der Waals surface area contributed by atoms with Gasteiger partial charge in [-0.1, -0.05) is 0 Å². The van der Waals surface area contributed by atoms with Gasteiger partial charge in [0.25, 0.3) is 0 Å². The van der Waals surface area contributed by atoms with Crippen molar-refractivity contribution in [1.82, 2.24) is 4.98 Å². The Labute approximate surface area is 101 Å². The average Bonchev–Trinajstić information content (AvgIpc) is 2.70. The standard InChI is InChI=1S/C11H10BrFN2O/c1-15(6-8-2-3-16-7-8)11-10(13)4-9(12)5-14-11/h2-5,7H,6H2,1H3. The van der Waals surface area contributed by atoms with Crippen molar-refractivity contribution >= 4 is 21.7 Å². The fourth-order valence-electron chi connectivity index (χ4n) is 1.42. The lowest BCUT2D eigenvalue weighted by molar-refractivity contribution is 0.563. The molecule has 0 amide bonds. The molecule has 0 unspecified atom stereocenters. The van der Waals surface area contributed by atoms with Crippen LogP contribution in [0.25, 0.3) is 0 Å². The molecule has 2 aromatic rings. The molecule has 2 rings (SSSR count). The van der Waals surface area contributed by atoms with Gasteiger partial charge in [-0.3, -0.25) is 0 Å². The van der Waals surface area contributed by atoms with Gasteiger partial charge >= 0.3 is 0 Å². The number of anilines is 1. The molecule has 0 bridgehead atoms. The van der Waals surface area contributed by atoms with Gasteiger partial charge in [-0.05, 0) is 28.1 Å². The van der Waals surface area contributed by atoms with Crippen LogP contribution in [0.15, 0.2) is 39.7 Å². The summed E-state index contributed by atoms with van der Waals surface area (Å²) in [7, 11) is 1.78. The molecule has 2 heterocycles. The minimum Gasteiger partial charge on any atom is -0.472 e. The predicted octanol–water partition coefficient (Wildman–Crippen LogP) is 3.21. The first-order valence-electron chi connectivity index (χ1n) is 4.70. The quantitative estimate of drug-likeness (QED) is 0.867. The minimum absolute atomic E-state index is 0.324. The normalized spacial score (nSPS) is 10.4. The molecule has 0 aromatic carbocycles. The lowest BCUT2D eigenvalue weighted by Crippen LogP contribution is -2.18. The molecule has 3 nitrogen and oxygen atoms in total. The fourth-order valence-corrected chi connectivity index (χ4v) is 1.72. The SMILES string of the molecule is CN(Cc1ccoc1)c1ncc(Br)cc1F. The molecule has 2 aromatic heterocycles. The Balaban J connectivity index is 2.17. The summed E-state index contributed by atoms with van der Waals surface area (Å²) < 4.78 is 19.2. The zero-order chi connectivity index (χ0) is 11.5. The highest BCUT2D eigenvalue weighted by atomic mass is 79.9. The summed E-state index contributed by atoms with van der Waals surface area (Å²) in [6, 6.07) is 3.24. The Morgan fingerprint density at radius 3 is 3.00 bits per heavy atom. The molecule has 0 saturated heterocycles. The third kappa shape index (κ3) is 2.41. The number of rotatable bonds is 3. The Hall–Kier alpha value is -1.36. The second-order valence-electron chi connectivity index (χ2n) is 3.45.